The van der Waals surface area contributed by atoms with Crippen molar-refractivity contribution in [3.05, 3.63) is 66.4 Å². The summed E-state index contributed by atoms with van der Waals surface area (Å²) in [4.78, 5) is 16.3. The van der Waals surface area contributed by atoms with Gasteiger partial charge in [0.2, 0.25) is 5.91 Å². The van der Waals surface area contributed by atoms with Gasteiger partial charge in [-0.1, -0.05) is 24.3 Å². The molecule has 0 fully saturated rings. The Morgan fingerprint density at radius 3 is 2.60 bits per heavy atom. The summed E-state index contributed by atoms with van der Waals surface area (Å²) in [6.45, 7) is -0.162. The minimum atomic E-state index is -4.42. The molecule has 0 aliphatic carbocycles. The molecule has 4 nitrogen and oxygen atoms in total. The zero-order valence-corrected chi connectivity index (χ0v) is 13.0. The number of carbonyl (C=O) groups excluding carboxylic acids is 1. The molecule has 0 unspecified atom stereocenters. The molecule has 1 amide bonds. The van der Waals surface area contributed by atoms with Crippen LogP contribution in [0.25, 0.3) is 10.9 Å². The van der Waals surface area contributed by atoms with Crippen molar-refractivity contribution in [2.75, 3.05) is 17.2 Å². The van der Waals surface area contributed by atoms with E-state index in [1.54, 1.807) is 24.4 Å². The number of nitrogens with zero attached hydrogens (tertiary/aromatic N) is 1. The Morgan fingerprint density at radius 2 is 1.80 bits per heavy atom. The van der Waals surface area contributed by atoms with Crippen LogP contribution < -0.4 is 10.6 Å². The molecule has 25 heavy (non-hydrogen) atoms. The zero-order chi connectivity index (χ0) is 17.9. The standard InChI is InChI=1S/C18H14F3N3O/c19-18(20,21)13-6-2-7-14(10-13)23-11-16(25)24-15-8-1-4-12-5-3-9-22-17(12)15/h1-10,23H,11H2,(H,24,25). The van der Waals surface area contributed by atoms with Gasteiger partial charge >= 0.3 is 6.18 Å². The monoisotopic (exact) mass is 345 g/mol. The number of alkyl halides is 3. The molecular formula is C18H14F3N3O. The summed E-state index contributed by atoms with van der Waals surface area (Å²) in [7, 11) is 0. The van der Waals surface area contributed by atoms with Crippen molar-refractivity contribution in [2.24, 2.45) is 0 Å². The summed E-state index contributed by atoms with van der Waals surface area (Å²) in [5, 5.41) is 6.29. The first-order chi connectivity index (χ1) is 11.9. The molecule has 0 bridgehead atoms. The third kappa shape index (κ3) is 4.06. The number of anilines is 2. The van der Waals surface area contributed by atoms with E-state index in [4.69, 9.17) is 0 Å². The van der Waals surface area contributed by atoms with E-state index in [0.29, 0.717) is 11.2 Å². The molecule has 128 valence electrons. The van der Waals surface area contributed by atoms with E-state index in [2.05, 4.69) is 15.6 Å². The van der Waals surface area contributed by atoms with Crippen molar-refractivity contribution in [1.82, 2.24) is 4.98 Å². The van der Waals surface area contributed by atoms with Crippen LogP contribution in [0.4, 0.5) is 24.5 Å². The number of amides is 1. The molecule has 0 radical (unpaired) electrons. The molecule has 0 aliphatic rings. The largest absolute Gasteiger partial charge is 0.416 e. The molecular weight excluding hydrogens is 331 g/mol. The Hall–Kier alpha value is -3.09. The number of hydrogen-bond donors (Lipinski definition) is 2. The first-order valence-corrected chi connectivity index (χ1v) is 7.48. The highest BCUT2D eigenvalue weighted by Crippen LogP contribution is 2.30. The Bertz CT molecular complexity index is 904. The number of hydrogen-bond acceptors (Lipinski definition) is 3. The van der Waals surface area contributed by atoms with Crippen molar-refractivity contribution in [2.45, 2.75) is 6.18 Å². The number of nitrogens with one attached hydrogen (secondary N) is 2. The number of para-hydroxylation sites is 1. The number of carbonyl (C=O) groups is 1. The summed E-state index contributed by atoms with van der Waals surface area (Å²) in [6, 6.07) is 13.8. The number of rotatable bonds is 4. The fourth-order valence-electron chi connectivity index (χ4n) is 2.39. The van der Waals surface area contributed by atoms with Gasteiger partial charge in [0.25, 0.3) is 0 Å². The molecule has 3 aromatic rings. The number of aromatic nitrogens is 1. The number of fused-ring (bicyclic) bond motifs is 1. The van der Waals surface area contributed by atoms with Gasteiger partial charge in [-0.05, 0) is 30.3 Å². The van der Waals surface area contributed by atoms with Crippen LogP contribution >= 0.6 is 0 Å². The van der Waals surface area contributed by atoms with E-state index in [1.807, 2.05) is 12.1 Å². The molecule has 1 aromatic heterocycles. The normalized spacial score (nSPS) is 11.3. The van der Waals surface area contributed by atoms with Gasteiger partial charge < -0.3 is 10.6 Å². The average molecular weight is 345 g/mol. The SMILES string of the molecule is O=C(CNc1cccc(C(F)(F)F)c1)Nc1cccc2cccnc12. The topological polar surface area (TPSA) is 54.0 Å². The first-order valence-electron chi connectivity index (χ1n) is 7.48. The van der Waals surface area contributed by atoms with Gasteiger partial charge in [0.05, 0.1) is 23.3 Å². The molecule has 2 N–H and O–H groups in total. The molecule has 0 aliphatic heterocycles. The van der Waals surface area contributed by atoms with Crippen molar-refractivity contribution >= 4 is 28.2 Å². The maximum Gasteiger partial charge on any atom is 0.416 e. The Morgan fingerprint density at radius 1 is 1.04 bits per heavy atom. The summed E-state index contributed by atoms with van der Waals surface area (Å²) < 4.78 is 38.1. The number of pyridine rings is 1. The maximum atomic E-state index is 12.7. The fraction of sp³-hybridized carbons (Fsp3) is 0.111. The molecule has 0 spiro atoms. The van der Waals surface area contributed by atoms with Crippen LogP contribution in [-0.4, -0.2) is 17.4 Å². The van der Waals surface area contributed by atoms with Crippen LogP contribution in [0.3, 0.4) is 0 Å². The lowest BCUT2D eigenvalue weighted by atomic mass is 10.2. The van der Waals surface area contributed by atoms with Crippen LogP contribution in [0.1, 0.15) is 5.56 Å². The Balaban J connectivity index is 1.67. The van der Waals surface area contributed by atoms with Crippen molar-refractivity contribution in [1.29, 1.82) is 0 Å². The fourth-order valence-corrected chi connectivity index (χ4v) is 2.39. The number of halogens is 3. The molecule has 1 heterocycles. The molecule has 0 saturated heterocycles. The maximum absolute atomic E-state index is 12.7. The highest BCUT2D eigenvalue weighted by molar-refractivity contribution is 6.01. The van der Waals surface area contributed by atoms with E-state index < -0.39 is 11.7 Å². The first kappa shape index (κ1) is 16.8. The summed E-state index contributed by atoms with van der Waals surface area (Å²) in [6.07, 6.45) is -2.80. The van der Waals surface area contributed by atoms with Crippen LogP contribution in [0.5, 0.6) is 0 Å². The van der Waals surface area contributed by atoms with Crippen molar-refractivity contribution < 1.29 is 18.0 Å². The quantitative estimate of drug-likeness (QED) is 0.741. The minimum absolute atomic E-state index is 0.162. The van der Waals surface area contributed by atoms with E-state index in [1.165, 1.54) is 12.1 Å². The molecule has 0 atom stereocenters. The van der Waals surface area contributed by atoms with Gasteiger partial charge in [-0.25, -0.2) is 0 Å². The van der Waals surface area contributed by atoms with Crippen LogP contribution in [0, 0.1) is 0 Å². The Labute approximate surface area is 141 Å². The predicted octanol–water partition coefficient (Wildman–Crippen LogP) is 4.30. The average Bonchev–Trinajstić information content (AvgIpc) is 2.60. The van der Waals surface area contributed by atoms with Gasteiger partial charge in [-0.2, -0.15) is 13.2 Å². The van der Waals surface area contributed by atoms with Gasteiger partial charge in [-0.15, -0.1) is 0 Å². The van der Waals surface area contributed by atoms with Gasteiger partial charge in [-0.3, -0.25) is 9.78 Å². The molecule has 0 saturated carbocycles. The minimum Gasteiger partial charge on any atom is -0.376 e. The van der Waals surface area contributed by atoms with Crippen molar-refractivity contribution in [3.63, 3.8) is 0 Å². The third-order valence-corrected chi connectivity index (χ3v) is 3.55. The third-order valence-electron chi connectivity index (χ3n) is 3.55. The summed E-state index contributed by atoms with van der Waals surface area (Å²) in [5.74, 6) is -0.379. The van der Waals surface area contributed by atoms with Crippen LogP contribution in [-0.2, 0) is 11.0 Å². The van der Waals surface area contributed by atoms with Gasteiger partial charge in [0.15, 0.2) is 0 Å². The van der Waals surface area contributed by atoms with Gasteiger partial charge in [0, 0.05) is 17.3 Å². The predicted molar refractivity (Wildman–Crippen MR) is 90.3 cm³/mol. The lowest BCUT2D eigenvalue weighted by Gasteiger charge is -2.11. The second-order valence-corrected chi connectivity index (χ2v) is 5.36. The molecule has 2 aromatic carbocycles. The second kappa shape index (κ2) is 6.80. The van der Waals surface area contributed by atoms with E-state index in [9.17, 15) is 18.0 Å². The lowest BCUT2D eigenvalue weighted by molar-refractivity contribution is -0.137. The second-order valence-electron chi connectivity index (χ2n) is 5.36. The van der Waals surface area contributed by atoms with Gasteiger partial charge in [0.1, 0.15) is 0 Å². The summed E-state index contributed by atoms with van der Waals surface area (Å²) >= 11 is 0. The molecule has 3 rings (SSSR count). The molecule has 7 heteroatoms. The lowest BCUT2D eigenvalue weighted by Crippen LogP contribution is -2.22. The van der Waals surface area contributed by atoms with Crippen LogP contribution in [0.2, 0.25) is 0 Å². The van der Waals surface area contributed by atoms with E-state index >= 15 is 0 Å². The highest BCUT2D eigenvalue weighted by atomic mass is 19.4. The smallest absolute Gasteiger partial charge is 0.376 e. The van der Waals surface area contributed by atoms with E-state index in [0.717, 1.165) is 17.5 Å². The van der Waals surface area contributed by atoms with Crippen molar-refractivity contribution in [3.8, 4) is 0 Å². The zero-order valence-electron chi connectivity index (χ0n) is 13.0. The number of benzene rings is 2. The Kier molecular flexibility index (Phi) is 4.56. The summed E-state index contributed by atoms with van der Waals surface area (Å²) in [5.41, 5.74) is 0.656. The van der Waals surface area contributed by atoms with Crippen LogP contribution in [0.15, 0.2) is 60.8 Å². The highest BCUT2D eigenvalue weighted by Gasteiger charge is 2.30. The van der Waals surface area contributed by atoms with E-state index in [-0.39, 0.29) is 18.1 Å².